The highest BCUT2D eigenvalue weighted by Crippen LogP contribution is 2.31. The SMILES string of the molecule is CC1c2ccc(-c3cnc(N)c(C(=O)Cc4cnccc4N4CCOCC4)n3)cc2CCN1C. The van der Waals surface area contributed by atoms with E-state index in [4.69, 9.17) is 10.5 Å². The van der Waals surface area contributed by atoms with Crippen molar-refractivity contribution in [3.63, 3.8) is 0 Å². The number of hydrogen-bond donors (Lipinski definition) is 1. The second-order valence-corrected chi connectivity index (χ2v) is 9.01. The van der Waals surface area contributed by atoms with Gasteiger partial charge >= 0.3 is 0 Å². The monoisotopic (exact) mass is 458 g/mol. The molecule has 0 radical (unpaired) electrons. The molecule has 5 rings (SSSR count). The third-order valence-corrected chi connectivity index (χ3v) is 6.93. The first kappa shape index (κ1) is 22.4. The van der Waals surface area contributed by atoms with Crippen LogP contribution in [0.3, 0.4) is 0 Å². The Morgan fingerprint density at radius 3 is 2.82 bits per heavy atom. The van der Waals surface area contributed by atoms with Crippen molar-refractivity contribution < 1.29 is 9.53 Å². The molecule has 1 fully saturated rings. The maximum absolute atomic E-state index is 13.3. The summed E-state index contributed by atoms with van der Waals surface area (Å²) in [6, 6.07) is 8.72. The van der Waals surface area contributed by atoms with Gasteiger partial charge in [-0.05, 0) is 43.7 Å². The molecule has 8 heteroatoms. The molecule has 1 aromatic carbocycles. The smallest absolute Gasteiger partial charge is 0.189 e. The lowest BCUT2D eigenvalue weighted by Crippen LogP contribution is -2.37. The number of ether oxygens (including phenoxy) is 1. The molecule has 3 aromatic rings. The van der Waals surface area contributed by atoms with E-state index in [-0.39, 0.29) is 23.7 Å². The average Bonchev–Trinajstić information content (AvgIpc) is 2.87. The van der Waals surface area contributed by atoms with E-state index < -0.39 is 0 Å². The fraction of sp³-hybridized carbons (Fsp3) is 0.385. The summed E-state index contributed by atoms with van der Waals surface area (Å²) in [6.07, 6.45) is 6.30. The number of morpholine rings is 1. The maximum atomic E-state index is 13.3. The molecular weight excluding hydrogens is 428 g/mol. The van der Waals surface area contributed by atoms with Gasteiger partial charge in [-0.25, -0.2) is 9.97 Å². The van der Waals surface area contributed by atoms with Crippen molar-refractivity contribution >= 4 is 17.3 Å². The first-order valence-electron chi connectivity index (χ1n) is 11.8. The summed E-state index contributed by atoms with van der Waals surface area (Å²) in [6.45, 7) is 6.16. The number of carbonyl (C=O) groups is 1. The van der Waals surface area contributed by atoms with Crippen molar-refractivity contribution in [1.29, 1.82) is 0 Å². The van der Waals surface area contributed by atoms with Crippen molar-refractivity contribution in [3.05, 3.63) is 65.2 Å². The van der Waals surface area contributed by atoms with Crippen LogP contribution in [-0.2, 0) is 17.6 Å². The Balaban J connectivity index is 1.41. The first-order chi connectivity index (χ1) is 16.5. The van der Waals surface area contributed by atoms with Gasteiger partial charge in [0.15, 0.2) is 11.6 Å². The molecule has 8 nitrogen and oxygen atoms in total. The van der Waals surface area contributed by atoms with E-state index in [2.05, 4.69) is 56.9 Å². The van der Waals surface area contributed by atoms with Gasteiger partial charge in [0.05, 0.1) is 25.1 Å². The van der Waals surface area contributed by atoms with Crippen LogP contribution in [0.5, 0.6) is 0 Å². The van der Waals surface area contributed by atoms with Gasteiger partial charge in [0.2, 0.25) is 0 Å². The average molecular weight is 459 g/mol. The molecule has 4 heterocycles. The third-order valence-electron chi connectivity index (χ3n) is 6.93. The molecular formula is C26H30N6O2. The molecule has 2 aliphatic rings. The van der Waals surface area contributed by atoms with E-state index in [1.165, 1.54) is 11.1 Å². The van der Waals surface area contributed by atoms with Crippen LogP contribution in [0, 0.1) is 0 Å². The molecule has 34 heavy (non-hydrogen) atoms. The lowest BCUT2D eigenvalue weighted by molar-refractivity contribution is 0.0988. The van der Waals surface area contributed by atoms with Gasteiger partial charge in [-0.15, -0.1) is 0 Å². The summed E-state index contributed by atoms with van der Waals surface area (Å²) in [7, 11) is 2.15. The van der Waals surface area contributed by atoms with Crippen LogP contribution < -0.4 is 10.6 Å². The number of nitrogens with zero attached hydrogens (tertiary/aromatic N) is 5. The van der Waals surface area contributed by atoms with Crippen LogP contribution in [0.15, 0.2) is 42.9 Å². The van der Waals surface area contributed by atoms with Crippen molar-refractivity contribution in [2.45, 2.75) is 25.8 Å². The standard InChI is InChI=1S/C26H30N6O2/c1-17-21-4-3-19(13-18(21)6-8-31(17)2)22-16-29-26(27)25(30-22)24(33)14-20-15-28-7-5-23(20)32-9-11-34-12-10-32/h3-5,7,13,15-17H,6,8-12,14H2,1-2H3,(H2,27,29). The lowest BCUT2D eigenvalue weighted by Gasteiger charge is -2.32. The zero-order valence-electron chi connectivity index (χ0n) is 19.7. The molecule has 2 aliphatic heterocycles. The number of ketones is 1. The lowest BCUT2D eigenvalue weighted by atomic mass is 9.91. The summed E-state index contributed by atoms with van der Waals surface area (Å²) in [4.78, 5) is 31.1. The number of benzene rings is 1. The van der Waals surface area contributed by atoms with Crippen LogP contribution >= 0.6 is 0 Å². The first-order valence-corrected chi connectivity index (χ1v) is 11.8. The minimum atomic E-state index is -0.164. The Morgan fingerprint density at radius 1 is 1.18 bits per heavy atom. The van der Waals surface area contributed by atoms with Crippen LogP contribution in [0.1, 0.15) is 40.1 Å². The molecule has 1 atom stereocenters. The third kappa shape index (κ3) is 4.38. The zero-order valence-corrected chi connectivity index (χ0v) is 19.7. The number of hydrogen-bond acceptors (Lipinski definition) is 8. The van der Waals surface area contributed by atoms with Gasteiger partial charge in [-0.2, -0.15) is 0 Å². The fourth-order valence-electron chi connectivity index (χ4n) is 4.79. The van der Waals surface area contributed by atoms with Gasteiger partial charge in [0.25, 0.3) is 0 Å². The van der Waals surface area contributed by atoms with Gasteiger partial charge in [0.1, 0.15) is 5.69 Å². The van der Waals surface area contributed by atoms with Crippen molar-refractivity contribution in [2.75, 3.05) is 50.5 Å². The summed E-state index contributed by atoms with van der Waals surface area (Å²) in [5.74, 6) is -0.0127. The second kappa shape index (κ2) is 9.48. The van der Waals surface area contributed by atoms with Gasteiger partial charge < -0.3 is 15.4 Å². The molecule has 2 aromatic heterocycles. The normalized spacial score (nSPS) is 18.5. The highest BCUT2D eigenvalue weighted by atomic mass is 16.5. The van der Waals surface area contributed by atoms with Gasteiger partial charge in [0, 0.05) is 61.3 Å². The molecule has 0 amide bonds. The number of Topliss-reactive ketones (excluding diaryl/α,β-unsaturated/α-hetero) is 1. The van der Waals surface area contributed by atoms with Crippen LogP contribution in [0.4, 0.5) is 11.5 Å². The Bertz CT molecular complexity index is 1210. The van der Waals surface area contributed by atoms with Crippen LogP contribution in [0.25, 0.3) is 11.3 Å². The van der Waals surface area contributed by atoms with E-state index in [0.29, 0.717) is 24.9 Å². The van der Waals surface area contributed by atoms with Crippen molar-refractivity contribution in [1.82, 2.24) is 19.9 Å². The summed E-state index contributed by atoms with van der Waals surface area (Å²) in [5, 5.41) is 0. The van der Waals surface area contributed by atoms with Crippen LogP contribution in [-0.4, -0.2) is 65.5 Å². The number of nitrogen functional groups attached to an aromatic ring is 1. The molecule has 176 valence electrons. The van der Waals surface area contributed by atoms with Crippen molar-refractivity contribution in [2.24, 2.45) is 0 Å². The molecule has 0 aliphatic carbocycles. The van der Waals surface area contributed by atoms with E-state index >= 15 is 0 Å². The number of pyridine rings is 1. The maximum Gasteiger partial charge on any atom is 0.189 e. The van der Waals surface area contributed by atoms with E-state index in [1.807, 2.05) is 6.07 Å². The number of rotatable bonds is 5. The number of anilines is 2. The molecule has 0 spiro atoms. The predicted octanol–water partition coefficient (Wildman–Crippen LogP) is 2.93. The number of nitrogens with two attached hydrogens (primary N) is 1. The second-order valence-electron chi connectivity index (χ2n) is 9.01. The Hall–Kier alpha value is -3.36. The molecule has 0 bridgehead atoms. The minimum Gasteiger partial charge on any atom is -0.382 e. The number of aromatic nitrogens is 3. The highest BCUT2D eigenvalue weighted by Gasteiger charge is 2.23. The molecule has 2 N–H and O–H groups in total. The van der Waals surface area contributed by atoms with E-state index in [9.17, 15) is 4.79 Å². The number of carbonyl (C=O) groups excluding carboxylic acids is 1. The minimum absolute atomic E-state index is 0.152. The summed E-state index contributed by atoms with van der Waals surface area (Å²) in [5.41, 5.74) is 12.4. The fourth-order valence-corrected chi connectivity index (χ4v) is 4.79. The van der Waals surface area contributed by atoms with Crippen LogP contribution in [0.2, 0.25) is 0 Å². The van der Waals surface area contributed by atoms with Crippen molar-refractivity contribution in [3.8, 4) is 11.3 Å². The summed E-state index contributed by atoms with van der Waals surface area (Å²) >= 11 is 0. The predicted molar refractivity (Wildman–Crippen MR) is 132 cm³/mol. The topological polar surface area (TPSA) is 97.5 Å². The Kier molecular flexibility index (Phi) is 6.26. The van der Waals surface area contributed by atoms with Gasteiger partial charge in [-0.3, -0.25) is 14.7 Å². The summed E-state index contributed by atoms with van der Waals surface area (Å²) < 4.78 is 5.47. The van der Waals surface area contributed by atoms with E-state index in [0.717, 1.165) is 42.9 Å². The highest BCUT2D eigenvalue weighted by molar-refractivity contribution is 6.00. The largest absolute Gasteiger partial charge is 0.382 e. The zero-order chi connectivity index (χ0) is 23.7. The quantitative estimate of drug-likeness (QED) is 0.583. The Labute approximate surface area is 199 Å². The number of fused-ring (bicyclic) bond motifs is 1. The molecule has 1 saturated heterocycles. The molecule has 1 unspecified atom stereocenters. The molecule has 0 saturated carbocycles. The Morgan fingerprint density at radius 2 is 2.00 bits per heavy atom. The van der Waals surface area contributed by atoms with Gasteiger partial charge in [-0.1, -0.05) is 12.1 Å². The van der Waals surface area contributed by atoms with E-state index in [1.54, 1.807) is 18.6 Å². The number of likely N-dealkylation sites (N-methyl/N-ethyl adjacent to an activating group) is 1.